The Hall–Kier alpha value is -2.51. The summed E-state index contributed by atoms with van der Waals surface area (Å²) < 4.78 is 2.21. The summed E-state index contributed by atoms with van der Waals surface area (Å²) in [5.41, 5.74) is 1.46. The maximum atomic E-state index is 12.1. The first-order chi connectivity index (χ1) is 16.2. The molecule has 0 saturated heterocycles. The monoisotopic (exact) mass is 541 g/mol. The fourth-order valence-electron chi connectivity index (χ4n) is 3.50. The highest BCUT2D eigenvalue weighted by Gasteiger charge is 2.02. The first-order valence-corrected chi connectivity index (χ1v) is 12.6. The molecule has 0 fully saturated rings. The molecule has 2 aromatic heterocycles. The molecule has 0 bridgehead atoms. The molecule has 0 spiro atoms. The number of nitrogens with zero attached hydrogens (tertiary/aromatic N) is 2. The number of carbonyl (C=O) groups excluding carboxylic acids is 1. The molecule has 0 atom stereocenters. The number of rotatable bonds is 14. The number of ketones is 1. The van der Waals surface area contributed by atoms with Crippen LogP contribution in [0.15, 0.2) is 83.0 Å². The van der Waals surface area contributed by atoms with Gasteiger partial charge in [-0.05, 0) is 36.3 Å². The van der Waals surface area contributed by atoms with Crippen molar-refractivity contribution in [1.82, 2.24) is 9.97 Å². The summed E-state index contributed by atoms with van der Waals surface area (Å²) in [6.07, 6.45) is 17.9. The molecule has 3 rings (SSSR count). The molecular weight excluding hydrogens is 510 g/mol. The van der Waals surface area contributed by atoms with E-state index in [1.165, 1.54) is 44.9 Å². The Kier molecular flexibility index (Phi) is 13.2. The van der Waals surface area contributed by atoms with Gasteiger partial charge in [0.25, 0.3) is 0 Å². The normalized spacial score (nSPS) is 10.8. The third kappa shape index (κ3) is 10.6. The van der Waals surface area contributed by atoms with Crippen LogP contribution in [0, 0.1) is 0 Å². The lowest BCUT2D eigenvalue weighted by atomic mass is 10.1. The number of thioether (sulfide) groups is 1. The second-order valence-electron chi connectivity index (χ2n) is 8.00. The number of unbranched alkanes of at least 4 members (excludes halogenated alkanes) is 6. The zero-order valence-electron chi connectivity index (χ0n) is 19.4. The highest BCUT2D eigenvalue weighted by atomic mass is 79.9. The van der Waals surface area contributed by atoms with E-state index >= 15 is 0 Å². The molecule has 0 radical (unpaired) electrons. The number of halogens is 1. The van der Waals surface area contributed by atoms with Crippen molar-refractivity contribution < 1.29 is 26.3 Å². The second-order valence-corrected chi connectivity index (χ2v) is 9.13. The average molecular weight is 543 g/mol. The minimum Gasteiger partial charge on any atom is -1.00 e. The van der Waals surface area contributed by atoms with Gasteiger partial charge in [0.15, 0.2) is 18.2 Å². The average Bonchev–Trinajstić information content (AvgIpc) is 2.85. The van der Waals surface area contributed by atoms with E-state index in [-0.39, 0.29) is 28.5 Å². The van der Waals surface area contributed by atoms with Gasteiger partial charge in [-0.25, -0.2) is 14.3 Å². The number of hydrogen-bond acceptors (Lipinski definition) is 4. The Morgan fingerprint density at radius 1 is 0.912 bits per heavy atom. The van der Waals surface area contributed by atoms with Crippen LogP contribution in [0.2, 0.25) is 0 Å². The number of aromatic nitrogens is 3. The maximum Gasteiger partial charge on any atom is 0.345 e. The molecular formula is C27H32BrN3O2S. The molecule has 0 aliphatic rings. The number of nitrogens with one attached hydrogen (secondary N) is 1. The maximum absolute atomic E-state index is 12.1. The SMILES string of the molecule is O=C(/C=C/c1cc[n+](CCCCCCCCCSc2ccnc(=O)[nH]2)cc1)c1ccccc1.[Br-]. The van der Waals surface area contributed by atoms with Gasteiger partial charge >= 0.3 is 5.69 Å². The lowest BCUT2D eigenvalue weighted by Gasteiger charge is -2.02. The Balaban J connectivity index is 0.00000408. The van der Waals surface area contributed by atoms with E-state index in [9.17, 15) is 9.59 Å². The molecule has 0 amide bonds. The fraction of sp³-hybridized carbons (Fsp3) is 0.333. The van der Waals surface area contributed by atoms with Crippen LogP contribution in [0.1, 0.15) is 60.9 Å². The summed E-state index contributed by atoms with van der Waals surface area (Å²) >= 11 is 1.69. The highest BCUT2D eigenvalue weighted by molar-refractivity contribution is 7.99. The van der Waals surface area contributed by atoms with E-state index in [0.29, 0.717) is 5.56 Å². The molecule has 0 saturated carbocycles. The van der Waals surface area contributed by atoms with Gasteiger partial charge in [0.2, 0.25) is 0 Å². The van der Waals surface area contributed by atoms with Gasteiger partial charge < -0.3 is 22.0 Å². The Labute approximate surface area is 216 Å². The number of H-pyrrole nitrogens is 1. The number of pyridine rings is 1. The Morgan fingerprint density at radius 2 is 1.59 bits per heavy atom. The molecule has 3 aromatic rings. The number of allylic oxidation sites excluding steroid dienone is 1. The fourth-order valence-corrected chi connectivity index (χ4v) is 4.38. The van der Waals surface area contributed by atoms with Gasteiger partial charge in [0.1, 0.15) is 6.54 Å². The standard InChI is InChI=1S/C27H31N3O2S.BrH/c31-25(24-11-7-6-8-12-24)14-13-23-16-20-30(21-17-23)19-9-4-2-1-3-5-10-22-33-26-15-18-28-27(32)29-26;/h6-8,11-18,20-21H,1-5,9-10,19,22H2;1H/b14-13+;. The van der Waals surface area contributed by atoms with Crippen LogP contribution >= 0.6 is 11.8 Å². The number of benzene rings is 1. The van der Waals surface area contributed by atoms with Crippen molar-refractivity contribution in [3.05, 3.63) is 94.8 Å². The van der Waals surface area contributed by atoms with E-state index in [0.717, 1.165) is 22.9 Å². The van der Waals surface area contributed by atoms with Crippen molar-refractivity contribution in [3.8, 4) is 0 Å². The lowest BCUT2D eigenvalue weighted by molar-refractivity contribution is -0.697. The van der Waals surface area contributed by atoms with E-state index in [4.69, 9.17) is 0 Å². The van der Waals surface area contributed by atoms with Gasteiger partial charge in [-0.1, -0.05) is 62.1 Å². The van der Waals surface area contributed by atoms with Gasteiger partial charge in [0, 0.05) is 30.3 Å². The van der Waals surface area contributed by atoms with Gasteiger partial charge in [0.05, 0.1) is 5.03 Å². The summed E-state index contributed by atoms with van der Waals surface area (Å²) in [7, 11) is 0. The van der Waals surface area contributed by atoms with Crippen molar-refractivity contribution >= 4 is 23.6 Å². The Morgan fingerprint density at radius 3 is 2.29 bits per heavy atom. The molecule has 34 heavy (non-hydrogen) atoms. The molecule has 180 valence electrons. The van der Waals surface area contributed by atoms with Crippen molar-refractivity contribution in [2.24, 2.45) is 0 Å². The van der Waals surface area contributed by atoms with E-state index in [1.54, 1.807) is 24.0 Å². The van der Waals surface area contributed by atoms with Gasteiger partial charge in [-0.3, -0.25) is 4.79 Å². The number of aryl methyl sites for hydroxylation is 1. The van der Waals surface area contributed by atoms with E-state index in [2.05, 4.69) is 26.9 Å². The minimum absolute atomic E-state index is 0. The summed E-state index contributed by atoms with van der Waals surface area (Å²) in [6, 6.07) is 15.3. The lowest BCUT2D eigenvalue weighted by Crippen LogP contribution is -3.00. The van der Waals surface area contributed by atoms with Crippen molar-refractivity contribution in [3.63, 3.8) is 0 Å². The molecule has 5 nitrogen and oxygen atoms in total. The molecule has 0 aliphatic carbocycles. The number of carbonyl (C=O) groups is 1. The first kappa shape index (κ1) is 27.7. The highest BCUT2D eigenvalue weighted by Crippen LogP contribution is 2.16. The van der Waals surface area contributed by atoms with Gasteiger partial charge in [-0.15, -0.1) is 11.8 Å². The van der Waals surface area contributed by atoms with Crippen molar-refractivity contribution in [1.29, 1.82) is 0 Å². The predicted octanol–water partition coefficient (Wildman–Crippen LogP) is 2.48. The minimum atomic E-state index is -0.277. The predicted molar refractivity (Wildman–Crippen MR) is 134 cm³/mol. The smallest absolute Gasteiger partial charge is 0.345 e. The van der Waals surface area contributed by atoms with Crippen molar-refractivity contribution in [2.75, 3.05) is 5.75 Å². The number of hydrogen-bond donors (Lipinski definition) is 1. The van der Waals surface area contributed by atoms with Crippen molar-refractivity contribution in [2.45, 2.75) is 56.5 Å². The van der Waals surface area contributed by atoms with Crippen LogP contribution in [0.25, 0.3) is 6.08 Å². The summed E-state index contributed by atoms with van der Waals surface area (Å²) in [5.74, 6) is 1.05. The molecule has 1 aromatic carbocycles. The molecule has 2 heterocycles. The van der Waals surface area contributed by atoms with Crippen LogP contribution in [0.4, 0.5) is 0 Å². The third-order valence-electron chi connectivity index (χ3n) is 5.37. The Bertz CT molecular complexity index is 1070. The summed E-state index contributed by atoms with van der Waals surface area (Å²) in [6.45, 7) is 1.02. The van der Waals surface area contributed by atoms with Crippen LogP contribution in [-0.2, 0) is 6.54 Å². The van der Waals surface area contributed by atoms with E-state index in [1.807, 2.05) is 54.6 Å². The summed E-state index contributed by atoms with van der Waals surface area (Å²) in [5, 5.41) is 0.900. The molecule has 1 N–H and O–H groups in total. The largest absolute Gasteiger partial charge is 1.00 e. The molecule has 0 unspecified atom stereocenters. The zero-order valence-corrected chi connectivity index (χ0v) is 21.8. The van der Waals surface area contributed by atoms with Gasteiger partial charge in [-0.2, -0.15) is 0 Å². The quantitative estimate of drug-likeness (QED) is 0.0850. The van der Waals surface area contributed by atoms with Crippen LogP contribution in [0.3, 0.4) is 0 Å². The first-order valence-electron chi connectivity index (χ1n) is 11.7. The van der Waals surface area contributed by atoms with Crippen LogP contribution in [-0.4, -0.2) is 21.5 Å². The number of aromatic amines is 1. The third-order valence-corrected chi connectivity index (χ3v) is 6.41. The molecule has 0 aliphatic heterocycles. The molecule has 7 heteroatoms. The van der Waals surface area contributed by atoms with Crippen LogP contribution in [0.5, 0.6) is 0 Å². The zero-order chi connectivity index (χ0) is 23.1. The van der Waals surface area contributed by atoms with Crippen LogP contribution < -0.4 is 27.2 Å². The second kappa shape index (κ2) is 16.2. The topological polar surface area (TPSA) is 66.7 Å². The summed E-state index contributed by atoms with van der Waals surface area (Å²) in [4.78, 5) is 29.7. The van der Waals surface area contributed by atoms with E-state index < -0.39 is 0 Å².